The molecular formula is C7H18N2O3S. The SMILES string of the molecule is CC(C)OCC(CS(C)(=O)=O)NN. The van der Waals surface area contributed by atoms with Crippen molar-refractivity contribution in [3.8, 4) is 0 Å². The topological polar surface area (TPSA) is 81.4 Å². The summed E-state index contributed by atoms with van der Waals surface area (Å²) in [5.41, 5.74) is 2.41. The normalized spacial score (nSPS) is 14.8. The van der Waals surface area contributed by atoms with Gasteiger partial charge in [0.15, 0.2) is 0 Å². The third-order valence-electron chi connectivity index (χ3n) is 1.37. The van der Waals surface area contributed by atoms with Gasteiger partial charge >= 0.3 is 0 Å². The molecule has 0 aliphatic rings. The molecule has 0 bridgehead atoms. The summed E-state index contributed by atoms with van der Waals surface area (Å²) in [6, 6.07) is -0.336. The molecular weight excluding hydrogens is 192 g/mol. The second kappa shape index (κ2) is 5.54. The predicted molar refractivity (Wildman–Crippen MR) is 51.9 cm³/mol. The molecule has 0 saturated heterocycles. The van der Waals surface area contributed by atoms with Crippen molar-refractivity contribution in [1.82, 2.24) is 5.43 Å². The second-order valence-electron chi connectivity index (χ2n) is 3.34. The predicted octanol–water partition coefficient (Wildman–Crippen LogP) is -0.712. The molecule has 1 unspecified atom stereocenters. The molecule has 0 aliphatic heterocycles. The van der Waals surface area contributed by atoms with Crippen LogP contribution in [0.3, 0.4) is 0 Å². The number of nitrogens with two attached hydrogens (primary N) is 1. The van der Waals surface area contributed by atoms with E-state index in [-0.39, 0.29) is 17.9 Å². The van der Waals surface area contributed by atoms with Gasteiger partial charge < -0.3 is 4.74 Å². The Morgan fingerprint density at radius 2 is 2.00 bits per heavy atom. The van der Waals surface area contributed by atoms with E-state index in [1.807, 2.05) is 13.8 Å². The monoisotopic (exact) mass is 210 g/mol. The molecule has 0 aromatic rings. The van der Waals surface area contributed by atoms with Crippen molar-refractivity contribution in [3.63, 3.8) is 0 Å². The van der Waals surface area contributed by atoms with Crippen LogP contribution in [0.4, 0.5) is 0 Å². The van der Waals surface area contributed by atoms with E-state index in [0.717, 1.165) is 0 Å². The first-order valence-electron chi connectivity index (χ1n) is 4.10. The first kappa shape index (κ1) is 12.8. The van der Waals surface area contributed by atoms with Crippen LogP contribution >= 0.6 is 0 Å². The van der Waals surface area contributed by atoms with Gasteiger partial charge in [-0.1, -0.05) is 0 Å². The highest BCUT2D eigenvalue weighted by Gasteiger charge is 2.14. The van der Waals surface area contributed by atoms with E-state index in [9.17, 15) is 8.42 Å². The highest BCUT2D eigenvalue weighted by atomic mass is 32.2. The summed E-state index contributed by atoms with van der Waals surface area (Å²) in [4.78, 5) is 0. The number of rotatable bonds is 6. The quantitative estimate of drug-likeness (QED) is 0.447. The molecule has 0 aliphatic carbocycles. The Hall–Kier alpha value is -0.170. The fourth-order valence-corrected chi connectivity index (χ4v) is 1.74. The van der Waals surface area contributed by atoms with E-state index in [0.29, 0.717) is 6.61 Å². The molecule has 13 heavy (non-hydrogen) atoms. The standard InChI is InChI=1S/C7H18N2O3S/c1-6(2)12-4-7(9-8)5-13(3,10)11/h6-7,9H,4-5,8H2,1-3H3. The fraction of sp³-hybridized carbons (Fsp3) is 1.00. The van der Waals surface area contributed by atoms with Gasteiger partial charge in [-0.05, 0) is 13.8 Å². The van der Waals surface area contributed by atoms with E-state index >= 15 is 0 Å². The largest absolute Gasteiger partial charge is 0.377 e. The fourth-order valence-electron chi connectivity index (χ4n) is 0.818. The Morgan fingerprint density at radius 3 is 2.31 bits per heavy atom. The molecule has 0 aromatic carbocycles. The van der Waals surface area contributed by atoms with E-state index in [2.05, 4.69) is 5.43 Å². The van der Waals surface area contributed by atoms with Gasteiger partial charge in [-0.25, -0.2) is 8.42 Å². The first-order valence-corrected chi connectivity index (χ1v) is 6.16. The van der Waals surface area contributed by atoms with Gasteiger partial charge in [0.05, 0.1) is 24.5 Å². The third kappa shape index (κ3) is 8.17. The van der Waals surface area contributed by atoms with Crippen LogP contribution in [0.5, 0.6) is 0 Å². The zero-order valence-electron chi connectivity index (χ0n) is 8.28. The van der Waals surface area contributed by atoms with Crippen LogP contribution in [0.2, 0.25) is 0 Å². The van der Waals surface area contributed by atoms with E-state index in [1.54, 1.807) is 0 Å². The Kier molecular flexibility index (Phi) is 5.46. The molecule has 0 radical (unpaired) electrons. The summed E-state index contributed by atoms with van der Waals surface area (Å²) in [5.74, 6) is 5.17. The van der Waals surface area contributed by atoms with Crippen molar-refractivity contribution in [2.75, 3.05) is 18.6 Å². The summed E-state index contributed by atoms with van der Waals surface area (Å²) < 4.78 is 27.0. The van der Waals surface area contributed by atoms with E-state index in [1.165, 1.54) is 6.26 Å². The van der Waals surface area contributed by atoms with Crippen LogP contribution in [-0.4, -0.2) is 39.2 Å². The van der Waals surface area contributed by atoms with Crippen LogP contribution in [-0.2, 0) is 14.6 Å². The van der Waals surface area contributed by atoms with Gasteiger partial charge in [0.25, 0.3) is 0 Å². The molecule has 0 saturated carbocycles. The summed E-state index contributed by atoms with van der Waals surface area (Å²) in [6.45, 7) is 4.07. The minimum Gasteiger partial charge on any atom is -0.377 e. The molecule has 80 valence electrons. The van der Waals surface area contributed by atoms with Gasteiger partial charge in [0, 0.05) is 6.26 Å². The number of hydrogen-bond acceptors (Lipinski definition) is 5. The third-order valence-corrected chi connectivity index (χ3v) is 2.38. The van der Waals surface area contributed by atoms with Crippen LogP contribution in [0, 0.1) is 0 Å². The van der Waals surface area contributed by atoms with Crippen molar-refractivity contribution < 1.29 is 13.2 Å². The molecule has 0 fully saturated rings. The van der Waals surface area contributed by atoms with Gasteiger partial charge in [0.2, 0.25) is 0 Å². The minimum atomic E-state index is -3.01. The van der Waals surface area contributed by atoms with Crippen LogP contribution in [0.15, 0.2) is 0 Å². The van der Waals surface area contributed by atoms with Crippen molar-refractivity contribution >= 4 is 9.84 Å². The lowest BCUT2D eigenvalue weighted by atomic mass is 10.4. The van der Waals surface area contributed by atoms with Gasteiger partial charge in [-0.3, -0.25) is 11.3 Å². The zero-order valence-corrected chi connectivity index (χ0v) is 9.10. The summed E-state index contributed by atoms with van der Waals surface area (Å²) in [6.07, 6.45) is 1.25. The molecule has 0 spiro atoms. The Morgan fingerprint density at radius 1 is 1.46 bits per heavy atom. The van der Waals surface area contributed by atoms with Crippen LogP contribution < -0.4 is 11.3 Å². The number of hydrogen-bond donors (Lipinski definition) is 2. The second-order valence-corrected chi connectivity index (χ2v) is 5.52. The molecule has 0 heterocycles. The Balaban J connectivity index is 3.91. The molecule has 0 aromatic heterocycles. The minimum absolute atomic E-state index is 0.00375. The lowest BCUT2D eigenvalue weighted by molar-refractivity contribution is 0.0652. The number of ether oxygens (including phenoxy) is 1. The first-order chi connectivity index (χ1) is 5.85. The summed E-state index contributed by atoms with van der Waals surface area (Å²) in [7, 11) is -3.01. The zero-order chi connectivity index (χ0) is 10.5. The van der Waals surface area contributed by atoms with Gasteiger partial charge in [-0.2, -0.15) is 0 Å². The maximum absolute atomic E-state index is 10.9. The molecule has 1 atom stereocenters. The smallest absolute Gasteiger partial charge is 0.149 e. The van der Waals surface area contributed by atoms with Crippen molar-refractivity contribution in [2.24, 2.45) is 5.84 Å². The van der Waals surface area contributed by atoms with Crippen molar-refractivity contribution in [3.05, 3.63) is 0 Å². The van der Waals surface area contributed by atoms with E-state index < -0.39 is 9.84 Å². The maximum Gasteiger partial charge on any atom is 0.149 e. The lowest BCUT2D eigenvalue weighted by Gasteiger charge is -2.16. The molecule has 6 heteroatoms. The highest BCUT2D eigenvalue weighted by molar-refractivity contribution is 7.90. The molecule has 5 nitrogen and oxygen atoms in total. The average molecular weight is 210 g/mol. The Labute approximate surface area is 79.5 Å². The molecule has 0 rings (SSSR count). The number of hydrazine groups is 1. The van der Waals surface area contributed by atoms with Gasteiger partial charge in [0.1, 0.15) is 9.84 Å². The Bertz CT molecular complexity index is 226. The van der Waals surface area contributed by atoms with Crippen LogP contribution in [0.1, 0.15) is 13.8 Å². The van der Waals surface area contributed by atoms with E-state index in [4.69, 9.17) is 10.6 Å². The number of nitrogens with one attached hydrogen (secondary N) is 1. The molecule has 3 N–H and O–H groups in total. The maximum atomic E-state index is 10.9. The lowest BCUT2D eigenvalue weighted by Crippen LogP contribution is -2.43. The summed E-state index contributed by atoms with van der Waals surface area (Å²) in [5, 5.41) is 0. The summed E-state index contributed by atoms with van der Waals surface area (Å²) >= 11 is 0. The highest BCUT2D eigenvalue weighted by Crippen LogP contribution is 1.94. The van der Waals surface area contributed by atoms with Crippen molar-refractivity contribution in [1.29, 1.82) is 0 Å². The average Bonchev–Trinajstić information content (AvgIpc) is 1.95. The molecule has 0 amide bonds. The number of sulfone groups is 1. The van der Waals surface area contributed by atoms with Gasteiger partial charge in [-0.15, -0.1) is 0 Å². The van der Waals surface area contributed by atoms with Crippen molar-refractivity contribution in [2.45, 2.75) is 26.0 Å². The van der Waals surface area contributed by atoms with Crippen LogP contribution in [0.25, 0.3) is 0 Å².